The Morgan fingerprint density at radius 2 is 2.24 bits per heavy atom. The van der Waals surface area contributed by atoms with Gasteiger partial charge in [0.05, 0.1) is 11.0 Å². The minimum Gasteiger partial charge on any atom is -0.385 e. The third-order valence-electron chi connectivity index (χ3n) is 4.13. The maximum Gasteiger partial charge on any atom is 0.240 e. The predicted octanol–water partition coefficient (Wildman–Crippen LogP) is 1.89. The van der Waals surface area contributed by atoms with Gasteiger partial charge in [0.1, 0.15) is 0 Å². The smallest absolute Gasteiger partial charge is 0.240 e. The molecule has 2 N–H and O–H groups in total. The van der Waals surface area contributed by atoms with Crippen LogP contribution in [0.1, 0.15) is 31.7 Å². The van der Waals surface area contributed by atoms with Crippen molar-refractivity contribution in [2.45, 2.75) is 49.6 Å². The summed E-state index contributed by atoms with van der Waals surface area (Å²) in [7, 11) is -3.45. The summed E-state index contributed by atoms with van der Waals surface area (Å²) < 4.78 is 33.3. The molecule has 0 aliphatic carbocycles. The lowest BCUT2D eigenvalue weighted by Gasteiger charge is -2.28. The van der Waals surface area contributed by atoms with Crippen LogP contribution < -0.4 is 10.0 Å². The fourth-order valence-electron chi connectivity index (χ4n) is 3.01. The normalized spacial score (nSPS) is 26.0. The molecule has 116 valence electrons. The first-order valence-corrected chi connectivity index (χ1v) is 9.04. The number of sulfonamides is 1. The molecule has 0 radical (unpaired) electrons. The number of rotatable bonds is 3. The van der Waals surface area contributed by atoms with E-state index in [-0.39, 0.29) is 12.1 Å². The van der Waals surface area contributed by atoms with Crippen molar-refractivity contribution in [1.82, 2.24) is 4.72 Å². The lowest BCUT2D eigenvalue weighted by molar-refractivity contribution is 0.0173. The van der Waals surface area contributed by atoms with Gasteiger partial charge in [0, 0.05) is 24.9 Å². The van der Waals surface area contributed by atoms with E-state index in [0.29, 0.717) is 11.5 Å². The van der Waals surface area contributed by atoms with Crippen molar-refractivity contribution in [1.29, 1.82) is 0 Å². The highest BCUT2D eigenvalue weighted by molar-refractivity contribution is 7.89. The molecule has 2 aliphatic rings. The van der Waals surface area contributed by atoms with Crippen LogP contribution in [0.25, 0.3) is 0 Å². The number of benzene rings is 1. The lowest BCUT2D eigenvalue weighted by Crippen LogP contribution is -2.41. The van der Waals surface area contributed by atoms with Crippen molar-refractivity contribution < 1.29 is 13.2 Å². The summed E-state index contributed by atoms with van der Waals surface area (Å²) in [5.41, 5.74) is 2.14. The second-order valence-electron chi connectivity index (χ2n) is 5.87. The Bertz CT molecular complexity index is 615. The summed E-state index contributed by atoms with van der Waals surface area (Å²) >= 11 is 0. The van der Waals surface area contributed by atoms with E-state index in [4.69, 9.17) is 4.74 Å². The number of hydrogen-bond donors (Lipinski definition) is 2. The molecule has 2 unspecified atom stereocenters. The number of fused-ring (bicyclic) bond motifs is 1. The van der Waals surface area contributed by atoms with Gasteiger partial charge in [0.2, 0.25) is 10.0 Å². The van der Waals surface area contributed by atoms with Gasteiger partial charge in [0.15, 0.2) is 0 Å². The highest BCUT2D eigenvalue weighted by Gasteiger charge is 2.25. The molecule has 2 heterocycles. The molecule has 0 spiro atoms. The van der Waals surface area contributed by atoms with Crippen molar-refractivity contribution in [3.63, 3.8) is 0 Å². The average Bonchev–Trinajstić information content (AvgIpc) is 2.46. The van der Waals surface area contributed by atoms with Gasteiger partial charge in [-0.15, -0.1) is 0 Å². The van der Waals surface area contributed by atoms with E-state index in [9.17, 15) is 8.42 Å². The summed E-state index contributed by atoms with van der Waals surface area (Å²) in [5, 5.41) is 3.30. The maximum absolute atomic E-state index is 12.5. The van der Waals surface area contributed by atoms with Gasteiger partial charge in [-0.2, -0.15) is 0 Å². The van der Waals surface area contributed by atoms with Gasteiger partial charge in [-0.3, -0.25) is 0 Å². The summed E-state index contributed by atoms with van der Waals surface area (Å²) in [6, 6.07) is 5.32. The summed E-state index contributed by atoms with van der Waals surface area (Å²) in [6.45, 7) is 3.55. The molecule has 2 aliphatic heterocycles. The van der Waals surface area contributed by atoms with Crippen LogP contribution in [0.4, 0.5) is 5.69 Å². The molecular formula is C15H22N2O3S. The van der Waals surface area contributed by atoms with E-state index in [0.717, 1.165) is 43.5 Å². The van der Waals surface area contributed by atoms with E-state index in [2.05, 4.69) is 10.0 Å². The standard InChI is InChI=1S/C15H22N2O3S/c1-11-9-13(6-8-20-11)17-21(18,19)14-4-5-15-12(10-14)3-2-7-16-15/h4-5,10-11,13,16-17H,2-3,6-9H2,1H3. The Labute approximate surface area is 126 Å². The lowest BCUT2D eigenvalue weighted by atomic mass is 10.0. The molecule has 1 saturated heterocycles. The zero-order valence-corrected chi connectivity index (χ0v) is 13.1. The fraction of sp³-hybridized carbons (Fsp3) is 0.600. The molecule has 0 amide bonds. The topological polar surface area (TPSA) is 67.4 Å². The van der Waals surface area contributed by atoms with Crippen LogP contribution in [0.2, 0.25) is 0 Å². The Morgan fingerprint density at radius 3 is 3.05 bits per heavy atom. The number of ether oxygens (including phenoxy) is 1. The van der Waals surface area contributed by atoms with Crippen LogP contribution in [-0.2, 0) is 21.2 Å². The van der Waals surface area contributed by atoms with Gasteiger partial charge >= 0.3 is 0 Å². The SMILES string of the molecule is CC1CC(NS(=O)(=O)c2ccc3c(c2)CCCN3)CCO1. The predicted molar refractivity (Wildman–Crippen MR) is 82.0 cm³/mol. The maximum atomic E-state index is 12.5. The first-order chi connectivity index (χ1) is 10.0. The summed E-state index contributed by atoms with van der Waals surface area (Å²) in [5.74, 6) is 0. The van der Waals surface area contributed by atoms with Crippen LogP contribution in [0.3, 0.4) is 0 Å². The third-order valence-corrected chi connectivity index (χ3v) is 5.65. The van der Waals surface area contributed by atoms with Crippen LogP contribution in [-0.4, -0.2) is 33.7 Å². The monoisotopic (exact) mass is 310 g/mol. The van der Waals surface area contributed by atoms with Gasteiger partial charge < -0.3 is 10.1 Å². The van der Waals surface area contributed by atoms with Crippen molar-refractivity contribution in [3.05, 3.63) is 23.8 Å². The fourth-order valence-corrected chi connectivity index (χ4v) is 4.34. The summed E-state index contributed by atoms with van der Waals surface area (Å²) in [6.07, 6.45) is 3.54. The van der Waals surface area contributed by atoms with Crippen molar-refractivity contribution in [3.8, 4) is 0 Å². The molecule has 1 fully saturated rings. The number of hydrogen-bond acceptors (Lipinski definition) is 4. The zero-order valence-electron chi connectivity index (χ0n) is 12.3. The molecule has 0 aromatic heterocycles. The number of nitrogens with one attached hydrogen (secondary N) is 2. The number of aryl methyl sites for hydroxylation is 1. The Hall–Kier alpha value is -1.11. The molecule has 1 aromatic rings. The van der Waals surface area contributed by atoms with Gasteiger partial charge in [-0.25, -0.2) is 13.1 Å². The van der Waals surface area contributed by atoms with Gasteiger partial charge in [-0.1, -0.05) is 0 Å². The van der Waals surface area contributed by atoms with Crippen LogP contribution in [0.5, 0.6) is 0 Å². The first kappa shape index (κ1) is 14.8. The van der Waals surface area contributed by atoms with Crippen molar-refractivity contribution in [2.24, 2.45) is 0 Å². The summed E-state index contributed by atoms with van der Waals surface area (Å²) in [4.78, 5) is 0.365. The van der Waals surface area contributed by atoms with Gasteiger partial charge in [0.25, 0.3) is 0 Å². The quantitative estimate of drug-likeness (QED) is 0.894. The number of anilines is 1. The van der Waals surface area contributed by atoms with E-state index < -0.39 is 10.0 Å². The van der Waals surface area contributed by atoms with E-state index >= 15 is 0 Å². The molecule has 0 bridgehead atoms. The second kappa shape index (κ2) is 5.94. The highest BCUT2D eigenvalue weighted by Crippen LogP contribution is 2.25. The molecule has 3 rings (SSSR count). The average molecular weight is 310 g/mol. The highest BCUT2D eigenvalue weighted by atomic mass is 32.2. The molecule has 0 saturated carbocycles. The Morgan fingerprint density at radius 1 is 1.38 bits per heavy atom. The largest absolute Gasteiger partial charge is 0.385 e. The van der Waals surface area contributed by atoms with Crippen LogP contribution in [0, 0.1) is 0 Å². The van der Waals surface area contributed by atoms with E-state index in [1.54, 1.807) is 12.1 Å². The molecule has 1 aromatic carbocycles. The van der Waals surface area contributed by atoms with E-state index in [1.807, 2.05) is 13.0 Å². The third kappa shape index (κ3) is 3.39. The first-order valence-electron chi connectivity index (χ1n) is 7.55. The molecule has 6 heteroatoms. The Kier molecular flexibility index (Phi) is 4.19. The van der Waals surface area contributed by atoms with Crippen LogP contribution in [0.15, 0.2) is 23.1 Å². The minimum atomic E-state index is -3.45. The molecule has 2 atom stereocenters. The minimum absolute atomic E-state index is 0.0343. The van der Waals surface area contributed by atoms with Crippen molar-refractivity contribution >= 4 is 15.7 Å². The van der Waals surface area contributed by atoms with Crippen molar-refractivity contribution in [2.75, 3.05) is 18.5 Å². The van der Waals surface area contributed by atoms with Crippen LogP contribution >= 0.6 is 0 Å². The van der Waals surface area contributed by atoms with Gasteiger partial charge in [-0.05, 0) is 56.4 Å². The Balaban J connectivity index is 1.78. The molecule has 5 nitrogen and oxygen atoms in total. The molecule has 21 heavy (non-hydrogen) atoms. The van der Waals surface area contributed by atoms with E-state index in [1.165, 1.54) is 0 Å². The second-order valence-corrected chi connectivity index (χ2v) is 7.59. The zero-order chi connectivity index (χ0) is 14.9. The molecular weight excluding hydrogens is 288 g/mol.